The first-order valence-corrected chi connectivity index (χ1v) is 6.05. The molecule has 0 aliphatic heterocycles. The zero-order valence-electron chi connectivity index (χ0n) is 9.85. The summed E-state index contributed by atoms with van der Waals surface area (Å²) in [7, 11) is 0. The maximum absolute atomic E-state index is 6.13. The zero-order valence-corrected chi connectivity index (χ0v) is 10.6. The van der Waals surface area contributed by atoms with E-state index in [9.17, 15) is 0 Å². The molecule has 0 bridgehead atoms. The molecule has 5 heteroatoms. The van der Waals surface area contributed by atoms with Gasteiger partial charge in [-0.25, -0.2) is 0 Å². The summed E-state index contributed by atoms with van der Waals surface area (Å²) in [5.41, 5.74) is 1.77. The van der Waals surface area contributed by atoms with Crippen LogP contribution in [0.2, 0.25) is 0 Å². The van der Waals surface area contributed by atoms with E-state index < -0.39 is 0 Å². The van der Waals surface area contributed by atoms with Crippen molar-refractivity contribution in [3.8, 4) is 11.5 Å². The Balaban J connectivity index is 2.20. The molecule has 2 aromatic rings. The van der Waals surface area contributed by atoms with Crippen LogP contribution in [-0.4, -0.2) is 15.1 Å². The van der Waals surface area contributed by atoms with Gasteiger partial charge < -0.3 is 4.52 Å². The lowest BCUT2D eigenvalue weighted by atomic mass is 10.2. The Hall–Kier alpha value is -1.42. The number of nitrogens with zero attached hydrogens (tertiary/aromatic N) is 3. The lowest BCUT2D eigenvalue weighted by Gasteiger charge is -1.99. The van der Waals surface area contributed by atoms with Gasteiger partial charge in [0.15, 0.2) is 5.82 Å². The number of aryl methyl sites for hydroxylation is 1. The standard InChI is InChI=1S/C12H14ClN3O/c1-3-4-10(13)11-15-12(17-16-11)9-6-5-8(2)14-7-9/h5-7,10H,3-4H2,1-2H3. The average Bonchev–Trinajstić information content (AvgIpc) is 2.80. The van der Waals surface area contributed by atoms with E-state index in [4.69, 9.17) is 16.1 Å². The van der Waals surface area contributed by atoms with E-state index in [1.54, 1.807) is 6.20 Å². The summed E-state index contributed by atoms with van der Waals surface area (Å²) in [5, 5.41) is 3.70. The molecule has 0 aliphatic carbocycles. The van der Waals surface area contributed by atoms with Crippen LogP contribution in [0, 0.1) is 6.92 Å². The van der Waals surface area contributed by atoms with Crippen molar-refractivity contribution >= 4 is 11.6 Å². The molecule has 0 amide bonds. The van der Waals surface area contributed by atoms with Crippen molar-refractivity contribution in [2.45, 2.75) is 32.1 Å². The predicted molar refractivity (Wildman–Crippen MR) is 65.8 cm³/mol. The third-order valence-corrected chi connectivity index (χ3v) is 2.84. The number of aromatic nitrogens is 3. The molecule has 2 heterocycles. The number of hydrogen-bond acceptors (Lipinski definition) is 4. The fraction of sp³-hybridized carbons (Fsp3) is 0.417. The molecule has 1 unspecified atom stereocenters. The first-order valence-electron chi connectivity index (χ1n) is 5.61. The third kappa shape index (κ3) is 2.82. The summed E-state index contributed by atoms with van der Waals surface area (Å²) in [6.07, 6.45) is 3.55. The van der Waals surface area contributed by atoms with Crippen LogP contribution in [0.3, 0.4) is 0 Å². The van der Waals surface area contributed by atoms with Crippen LogP contribution >= 0.6 is 11.6 Å². The van der Waals surface area contributed by atoms with E-state index in [0.29, 0.717) is 11.7 Å². The van der Waals surface area contributed by atoms with Gasteiger partial charge >= 0.3 is 0 Å². The smallest absolute Gasteiger partial charge is 0.259 e. The van der Waals surface area contributed by atoms with E-state index in [1.807, 2.05) is 19.1 Å². The van der Waals surface area contributed by atoms with Gasteiger partial charge in [0.05, 0.1) is 10.9 Å². The SMILES string of the molecule is CCCC(Cl)c1noc(-c2ccc(C)nc2)n1. The Bertz CT molecular complexity index is 481. The van der Waals surface area contributed by atoms with E-state index in [1.165, 1.54) is 0 Å². The second-order valence-electron chi connectivity index (χ2n) is 3.90. The molecular formula is C12H14ClN3O. The molecule has 17 heavy (non-hydrogen) atoms. The minimum absolute atomic E-state index is 0.184. The average molecular weight is 252 g/mol. The molecule has 2 rings (SSSR count). The molecule has 0 radical (unpaired) electrons. The Kier molecular flexibility index (Phi) is 3.74. The molecule has 1 atom stereocenters. The molecule has 0 fully saturated rings. The lowest BCUT2D eigenvalue weighted by molar-refractivity contribution is 0.420. The second-order valence-corrected chi connectivity index (χ2v) is 4.43. The lowest BCUT2D eigenvalue weighted by Crippen LogP contribution is -1.92. The molecule has 0 saturated heterocycles. The zero-order chi connectivity index (χ0) is 12.3. The van der Waals surface area contributed by atoms with Gasteiger partial charge in [0, 0.05) is 11.9 Å². The molecule has 90 valence electrons. The summed E-state index contributed by atoms with van der Waals surface area (Å²) in [6.45, 7) is 4.00. The summed E-state index contributed by atoms with van der Waals surface area (Å²) in [4.78, 5) is 8.46. The van der Waals surface area contributed by atoms with Crippen LogP contribution < -0.4 is 0 Å². The van der Waals surface area contributed by atoms with Crippen molar-refractivity contribution in [2.24, 2.45) is 0 Å². The Labute approximate surface area is 105 Å². The second kappa shape index (κ2) is 5.27. The Morgan fingerprint density at radius 2 is 2.24 bits per heavy atom. The van der Waals surface area contributed by atoms with E-state index in [2.05, 4.69) is 22.0 Å². The first kappa shape index (κ1) is 12.0. The van der Waals surface area contributed by atoms with Crippen molar-refractivity contribution in [1.29, 1.82) is 0 Å². The first-order chi connectivity index (χ1) is 8.20. The summed E-state index contributed by atoms with van der Waals surface area (Å²) in [6, 6.07) is 3.81. The van der Waals surface area contributed by atoms with Gasteiger partial charge in [-0.2, -0.15) is 4.98 Å². The molecule has 4 nitrogen and oxygen atoms in total. The van der Waals surface area contributed by atoms with Gasteiger partial charge in [0.2, 0.25) is 0 Å². The van der Waals surface area contributed by atoms with Crippen molar-refractivity contribution in [3.05, 3.63) is 29.8 Å². The summed E-state index contributed by atoms with van der Waals surface area (Å²) < 4.78 is 5.17. The molecule has 0 N–H and O–H groups in total. The number of hydrogen-bond donors (Lipinski definition) is 0. The molecule has 0 aliphatic rings. The van der Waals surface area contributed by atoms with Crippen LogP contribution in [0.4, 0.5) is 0 Å². The maximum atomic E-state index is 6.13. The van der Waals surface area contributed by atoms with E-state index in [-0.39, 0.29) is 5.38 Å². The Morgan fingerprint density at radius 3 is 2.88 bits per heavy atom. The van der Waals surface area contributed by atoms with Crippen molar-refractivity contribution in [1.82, 2.24) is 15.1 Å². The maximum Gasteiger partial charge on any atom is 0.259 e. The van der Waals surface area contributed by atoms with Crippen LogP contribution in [0.25, 0.3) is 11.5 Å². The topological polar surface area (TPSA) is 51.8 Å². The molecule has 2 aromatic heterocycles. The highest BCUT2D eigenvalue weighted by Crippen LogP contribution is 2.25. The fourth-order valence-electron chi connectivity index (χ4n) is 1.46. The quantitative estimate of drug-likeness (QED) is 0.780. The summed E-state index contributed by atoms with van der Waals surface area (Å²) in [5.74, 6) is 1.01. The molecule has 0 saturated carbocycles. The number of halogens is 1. The Morgan fingerprint density at radius 1 is 1.41 bits per heavy atom. The summed E-state index contributed by atoms with van der Waals surface area (Å²) >= 11 is 6.13. The number of pyridine rings is 1. The number of alkyl halides is 1. The monoisotopic (exact) mass is 251 g/mol. The minimum atomic E-state index is -0.184. The van der Waals surface area contributed by atoms with E-state index >= 15 is 0 Å². The van der Waals surface area contributed by atoms with Crippen molar-refractivity contribution in [2.75, 3.05) is 0 Å². The van der Waals surface area contributed by atoms with Gasteiger partial charge in [-0.3, -0.25) is 4.98 Å². The van der Waals surface area contributed by atoms with Crippen molar-refractivity contribution < 1.29 is 4.52 Å². The van der Waals surface area contributed by atoms with Gasteiger partial charge in [-0.15, -0.1) is 11.6 Å². The molecule has 0 spiro atoms. The molecular weight excluding hydrogens is 238 g/mol. The van der Waals surface area contributed by atoms with Crippen molar-refractivity contribution in [3.63, 3.8) is 0 Å². The minimum Gasteiger partial charge on any atom is -0.334 e. The highest BCUT2D eigenvalue weighted by Gasteiger charge is 2.15. The van der Waals surface area contributed by atoms with Gasteiger partial charge in [0.25, 0.3) is 5.89 Å². The van der Waals surface area contributed by atoms with Crippen LogP contribution in [-0.2, 0) is 0 Å². The van der Waals surface area contributed by atoms with Gasteiger partial charge in [-0.1, -0.05) is 18.5 Å². The van der Waals surface area contributed by atoms with Crippen LogP contribution in [0.1, 0.15) is 36.7 Å². The normalized spacial score (nSPS) is 12.6. The van der Waals surface area contributed by atoms with Gasteiger partial charge in [0.1, 0.15) is 0 Å². The molecule has 0 aromatic carbocycles. The van der Waals surface area contributed by atoms with E-state index in [0.717, 1.165) is 24.1 Å². The van der Waals surface area contributed by atoms with Crippen LogP contribution in [0.15, 0.2) is 22.9 Å². The highest BCUT2D eigenvalue weighted by atomic mass is 35.5. The van der Waals surface area contributed by atoms with Crippen LogP contribution in [0.5, 0.6) is 0 Å². The largest absolute Gasteiger partial charge is 0.334 e. The fourth-order valence-corrected chi connectivity index (χ4v) is 1.76. The third-order valence-electron chi connectivity index (χ3n) is 2.42. The predicted octanol–water partition coefficient (Wildman–Crippen LogP) is 3.52. The number of rotatable bonds is 4. The van der Waals surface area contributed by atoms with Gasteiger partial charge in [-0.05, 0) is 25.5 Å². The highest BCUT2D eigenvalue weighted by molar-refractivity contribution is 6.20.